The number of para-hydroxylation sites is 1. The summed E-state index contributed by atoms with van der Waals surface area (Å²) in [6.45, 7) is 5.58. The lowest BCUT2D eigenvalue weighted by molar-refractivity contribution is 0.367. The number of imidazole rings is 1. The Morgan fingerprint density at radius 3 is 2.76 bits per heavy atom. The van der Waals surface area contributed by atoms with Gasteiger partial charge in [0.2, 0.25) is 5.88 Å². The van der Waals surface area contributed by atoms with Crippen LogP contribution in [0.2, 0.25) is 0 Å². The molecular weight excluding hydrogens is 364 g/mol. The molecule has 0 unspecified atom stereocenters. The van der Waals surface area contributed by atoms with Crippen molar-refractivity contribution < 1.29 is 10.2 Å². The van der Waals surface area contributed by atoms with Crippen LogP contribution in [0.15, 0.2) is 55.3 Å². The van der Waals surface area contributed by atoms with E-state index in [0.29, 0.717) is 18.0 Å². The molecular formula is C23H26N4O2. The Balaban J connectivity index is 1.77. The summed E-state index contributed by atoms with van der Waals surface area (Å²) in [4.78, 5) is 7.32. The number of aromatic nitrogens is 4. The molecule has 0 aliphatic rings. The molecule has 3 aromatic heterocycles. The number of H-pyrrole nitrogens is 1. The second-order valence-electron chi connectivity index (χ2n) is 7.59. The first-order valence-corrected chi connectivity index (χ1v) is 9.91. The fourth-order valence-corrected chi connectivity index (χ4v) is 3.67. The summed E-state index contributed by atoms with van der Waals surface area (Å²) < 4.78 is 3.80. The van der Waals surface area contributed by atoms with Crippen molar-refractivity contribution in [1.82, 2.24) is 19.1 Å². The molecule has 1 aromatic carbocycles. The zero-order valence-electron chi connectivity index (χ0n) is 16.7. The zero-order chi connectivity index (χ0) is 20.4. The third-order valence-corrected chi connectivity index (χ3v) is 5.11. The number of nitrogens with one attached hydrogen (secondary N) is 1. The van der Waals surface area contributed by atoms with Crippen LogP contribution >= 0.6 is 0 Å². The van der Waals surface area contributed by atoms with E-state index < -0.39 is 0 Å². The van der Waals surface area contributed by atoms with Crippen LogP contribution in [0, 0.1) is 5.92 Å². The molecule has 4 rings (SSSR count). The molecule has 0 saturated heterocycles. The number of aromatic amines is 1. The fourth-order valence-electron chi connectivity index (χ4n) is 3.67. The summed E-state index contributed by atoms with van der Waals surface area (Å²) in [6.07, 6.45) is 12.2. The van der Waals surface area contributed by atoms with Crippen molar-refractivity contribution in [2.24, 2.45) is 5.92 Å². The van der Waals surface area contributed by atoms with Crippen LogP contribution in [0.3, 0.4) is 0 Å². The van der Waals surface area contributed by atoms with Gasteiger partial charge in [-0.2, -0.15) is 0 Å². The smallest absolute Gasteiger partial charge is 0.235 e. The summed E-state index contributed by atoms with van der Waals surface area (Å²) in [5.74, 6) is 0.171. The number of nitrogens with zero attached hydrogens (tertiary/aromatic N) is 3. The highest BCUT2D eigenvalue weighted by Crippen LogP contribution is 2.45. The third-order valence-electron chi connectivity index (χ3n) is 5.11. The molecule has 0 aliphatic heterocycles. The van der Waals surface area contributed by atoms with Crippen molar-refractivity contribution in [3.63, 3.8) is 0 Å². The van der Waals surface area contributed by atoms with Crippen molar-refractivity contribution in [3.8, 4) is 22.8 Å². The number of rotatable bonds is 7. The number of aromatic hydroxyl groups is 2. The van der Waals surface area contributed by atoms with E-state index in [2.05, 4.69) is 29.9 Å². The van der Waals surface area contributed by atoms with Gasteiger partial charge in [-0.15, -0.1) is 0 Å². The van der Waals surface area contributed by atoms with Gasteiger partial charge in [0.1, 0.15) is 0 Å². The molecule has 0 radical (unpaired) electrons. The van der Waals surface area contributed by atoms with Gasteiger partial charge in [-0.25, -0.2) is 4.98 Å². The van der Waals surface area contributed by atoms with Gasteiger partial charge in [-0.05, 0) is 24.5 Å². The molecule has 4 aromatic rings. The first kappa shape index (κ1) is 18.9. The Morgan fingerprint density at radius 1 is 1.17 bits per heavy atom. The number of hydrogen-bond donors (Lipinski definition) is 3. The van der Waals surface area contributed by atoms with E-state index in [-0.39, 0.29) is 11.6 Å². The molecule has 6 nitrogen and oxygen atoms in total. The van der Waals surface area contributed by atoms with Crippen LogP contribution in [0.25, 0.3) is 28.1 Å². The molecule has 150 valence electrons. The lowest BCUT2D eigenvalue weighted by Gasteiger charge is -2.10. The van der Waals surface area contributed by atoms with Gasteiger partial charge >= 0.3 is 0 Å². The molecule has 0 aliphatic carbocycles. The van der Waals surface area contributed by atoms with Crippen LogP contribution < -0.4 is 0 Å². The van der Waals surface area contributed by atoms with E-state index >= 15 is 0 Å². The van der Waals surface area contributed by atoms with E-state index in [1.807, 2.05) is 47.3 Å². The number of aryl methyl sites for hydroxylation is 1. The Labute approximate surface area is 169 Å². The van der Waals surface area contributed by atoms with Crippen LogP contribution in [0.5, 0.6) is 11.6 Å². The molecule has 0 atom stereocenters. The minimum Gasteiger partial charge on any atom is -0.503 e. The summed E-state index contributed by atoms with van der Waals surface area (Å²) >= 11 is 0. The van der Waals surface area contributed by atoms with Crippen molar-refractivity contribution in [1.29, 1.82) is 0 Å². The Morgan fingerprint density at radius 2 is 2.00 bits per heavy atom. The SMILES string of the molecule is CC(C)C=Cc1c(-c2c[nH]c3ccccc23)c(O)c(O)n1CCCn1ccnc1. The van der Waals surface area contributed by atoms with E-state index in [1.54, 1.807) is 17.1 Å². The predicted molar refractivity (Wildman–Crippen MR) is 116 cm³/mol. The lowest BCUT2D eigenvalue weighted by Crippen LogP contribution is -2.04. The largest absolute Gasteiger partial charge is 0.503 e. The fraction of sp³-hybridized carbons (Fsp3) is 0.261. The highest BCUT2D eigenvalue weighted by atomic mass is 16.3. The molecule has 3 heterocycles. The number of benzene rings is 1. The predicted octanol–water partition coefficient (Wildman–Crippen LogP) is 5.00. The van der Waals surface area contributed by atoms with Gasteiger partial charge in [0.15, 0.2) is 5.75 Å². The number of hydrogen-bond acceptors (Lipinski definition) is 3. The zero-order valence-corrected chi connectivity index (χ0v) is 16.7. The van der Waals surface area contributed by atoms with Gasteiger partial charge in [-0.3, -0.25) is 0 Å². The normalized spacial score (nSPS) is 12.0. The second-order valence-corrected chi connectivity index (χ2v) is 7.59. The van der Waals surface area contributed by atoms with E-state index in [9.17, 15) is 10.2 Å². The number of fused-ring (bicyclic) bond motifs is 1. The van der Waals surface area contributed by atoms with E-state index in [4.69, 9.17) is 0 Å². The second kappa shape index (κ2) is 7.91. The van der Waals surface area contributed by atoms with Crippen molar-refractivity contribution in [2.75, 3.05) is 0 Å². The van der Waals surface area contributed by atoms with Gasteiger partial charge < -0.3 is 24.3 Å². The van der Waals surface area contributed by atoms with Crippen molar-refractivity contribution in [3.05, 3.63) is 61.0 Å². The highest BCUT2D eigenvalue weighted by molar-refractivity contribution is 5.99. The molecule has 0 spiro atoms. The monoisotopic (exact) mass is 390 g/mol. The van der Waals surface area contributed by atoms with Gasteiger partial charge in [0.05, 0.1) is 17.6 Å². The standard InChI is InChI=1S/C23H26N4O2/c1-16(2)8-9-20-21(18-14-25-19-7-4-3-6-17(18)19)22(28)23(29)27(20)12-5-11-26-13-10-24-15-26/h3-4,6-10,13-16,25,28-29H,5,11-12H2,1-2H3. The highest BCUT2D eigenvalue weighted by Gasteiger charge is 2.24. The average Bonchev–Trinajstić information content (AvgIpc) is 3.42. The lowest BCUT2D eigenvalue weighted by atomic mass is 10.0. The number of allylic oxidation sites excluding steroid dienone is 1. The van der Waals surface area contributed by atoms with E-state index in [0.717, 1.165) is 35.1 Å². The van der Waals surface area contributed by atoms with E-state index in [1.165, 1.54) is 0 Å². The Hall–Kier alpha value is -3.41. The van der Waals surface area contributed by atoms with Crippen molar-refractivity contribution in [2.45, 2.75) is 33.4 Å². The summed E-state index contributed by atoms with van der Waals surface area (Å²) in [5.41, 5.74) is 3.33. The van der Waals surface area contributed by atoms with Crippen LogP contribution in [0.1, 0.15) is 26.0 Å². The average molecular weight is 390 g/mol. The molecule has 29 heavy (non-hydrogen) atoms. The van der Waals surface area contributed by atoms with Gasteiger partial charge in [0, 0.05) is 48.1 Å². The summed E-state index contributed by atoms with van der Waals surface area (Å²) in [7, 11) is 0. The van der Waals surface area contributed by atoms with Gasteiger partial charge in [-0.1, -0.05) is 38.1 Å². The molecule has 3 N–H and O–H groups in total. The maximum Gasteiger partial charge on any atom is 0.235 e. The molecule has 0 fully saturated rings. The maximum absolute atomic E-state index is 10.8. The molecule has 0 saturated carbocycles. The van der Waals surface area contributed by atoms with Gasteiger partial charge in [0.25, 0.3) is 0 Å². The quantitative estimate of drug-likeness (QED) is 0.415. The molecule has 0 bridgehead atoms. The molecule has 6 heteroatoms. The maximum atomic E-state index is 10.8. The Kier molecular flexibility index (Phi) is 5.16. The third kappa shape index (κ3) is 3.66. The Bertz CT molecular complexity index is 1130. The minimum absolute atomic E-state index is 0.0826. The first-order chi connectivity index (χ1) is 14.1. The van der Waals surface area contributed by atoms with Crippen molar-refractivity contribution >= 4 is 17.0 Å². The summed E-state index contributed by atoms with van der Waals surface area (Å²) in [6, 6.07) is 7.97. The van der Waals surface area contributed by atoms with Crippen LogP contribution in [-0.2, 0) is 13.1 Å². The topological polar surface area (TPSA) is 79.0 Å². The minimum atomic E-state index is -0.0979. The van der Waals surface area contributed by atoms with Crippen LogP contribution in [0.4, 0.5) is 0 Å². The first-order valence-electron chi connectivity index (χ1n) is 9.91. The summed E-state index contributed by atoms with van der Waals surface area (Å²) in [5, 5.41) is 22.6. The molecule has 0 amide bonds. The van der Waals surface area contributed by atoms with Crippen LogP contribution in [-0.4, -0.2) is 29.3 Å².